The lowest BCUT2D eigenvalue weighted by molar-refractivity contribution is -0.122. The molecule has 0 bridgehead atoms. The lowest BCUT2D eigenvalue weighted by atomic mass is 9.83. The fraction of sp³-hybridized carbons (Fsp3) is 0.400. The minimum atomic E-state index is -3.39. The van der Waals surface area contributed by atoms with Crippen LogP contribution in [0.2, 0.25) is 0 Å². The van der Waals surface area contributed by atoms with Gasteiger partial charge in [0.05, 0.1) is 4.90 Å². The van der Waals surface area contributed by atoms with E-state index in [1.807, 2.05) is 6.92 Å². The second-order valence-corrected chi connectivity index (χ2v) is 7.07. The Hall–Kier alpha value is -1.42. The largest absolute Gasteiger partial charge is 0.300 e. The Morgan fingerprint density at radius 1 is 1.21 bits per heavy atom. The van der Waals surface area contributed by atoms with Gasteiger partial charge in [0, 0.05) is 10.8 Å². The standard InChI is InChI=1S/C15H18O3S/c1-11-10-14(8-9-15(11)12(2)16)19(17,18)13-6-4-3-5-7-13/h3-7,10-11,15H,8-9H2,1-2H3/t11-,15+/m0/s1. The van der Waals surface area contributed by atoms with E-state index < -0.39 is 9.84 Å². The number of carbonyl (C=O) groups excluding carboxylic acids is 1. The molecule has 2 rings (SSSR count). The monoisotopic (exact) mass is 278 g/mol. The van der Waals surface area contributed by atoms with E-state index in [4.69, 9.17) is 0 Å². The molecule has 1 aromatic carbocycles. The smallest absolute Gasteiger partial charge is 0.202 e. The molecule has 0 fully saturated rings. The molecule has 4 heteroatoms. The molecule has 2 atom stereocenters. The normalized spacial score (nSPS) is 23.8. The topological polar surface area (TPSA) is 51.2 Å². The van der Waals surface area contributed by atoms with Crippen LogP contribution in [0.4, 0.5) is 0 Å². The molecule has 0 N–H and O–H groups in total. The number of hydrogen-bond acceptors (Lipinski definition) is 3. The average molecular weight is 278 g/mol. The fourth-order valence-corrected chi connectivity index (χ4v) is 4.20. The van der Waals surface area contributed by atoms with Crippen LogP contribution in [-0.2, 0) is 14.6 Å². The van der Waals surface area contributed by atoms with Gasteiger partial charge in [-0.1, -0.05) is 31.2 Å². The quantitative estimate of drug-likeness (QED) is 0.854. The molecule has 0 amide bonds. The molecule has 0 aromatic heterocycles. The third-order valence-electron chi connectivity index (χ3n) is 3.71. The van der Waals surface area contributed by atoms with E-state index >= 15 is 0 Å². The lowest BCUT2D eigenvalue weighted by Gasteiger charge is -2.25. The van der Waals surface area contributed by atoms with Gasteiger partial charge in [-0.3, -0.25) is 4.79 Å². The highest BCUT2D eigenvalue weighted by Crippen LogP contribution is 2.34. The number of rotatable bonds is 3. The summed E-state index contributed by atoms with van der Waals surface area (Å²) in [6.07, 6.45) is 2.82. The second kappa shape index (κ2) is 5.29. The summed E-state index contributed by atoms with van der Waals surface area (Å²) in [5, 5.41) is 0. The van der Waals surface area contributed by atoms with Crippen molar-refractivity contribution in [1.82, 2.24) is 0 Å². The second-order valence-electron chi connectivity index (χ2n) is 5.06. The number of Topliss-reactive ketones (excluding diaryl/α,β-unsaturated/α-hetero) is 1. The SMILES string of the molecule is CC(=O)[C@@H]1CCC(S(=O)(=O)c2ccccc2)=C[C@@H]1C. The predicted octanol–water partition coefficient (Wildman–Crippen LogP) is 2.98. The van der Waals surface area contributed by atoms with Crippen LogP contribution in [-0.4, -0.2) is 14.2 Å². The van der Waals surface area contributed by atoms with Crippen molar-refractivity contribution in [3.63, 3.8) is 0 Å². The number of carbonyl (C=O) groups is 1. The minimum Gasteiger partial charge on any atom is -0.300 e. The molecular formula is C15H18O3S. The number of ketones is 1. The molecule has 3 nitrogen and oxygen atoms in total. The number of benzene rings is 1. The van der Waals surface area contributed by atoms with Crippen molar-refractivity contribution in [2.24, 2.45) is 11.8 Å². The third-order valence-corrected chi connectivity index (χ3v) is 5.63. The van der Waals surface area contributed by atoms with Gasteiger partial charge in [0.25, 0.3) is 0 Å². The molecule has 0 saturated carbocycles. The highest BCUT2D eigenvalue weighted by molar-refractivity contribution is 7.95. The van der Waals surface area contributed by atoms with Crippen LogP contribution in [0.5, 0.6) is 0 Å². The summed E-state index contributed by atoms with van der Waals surface area (Å²) in [4.78, 5) is 12.2. The van der Waals surface area contributed by atoms with Gasteiger partial charge in [0.1, 0.15) is 5.78 Å². The Labute approximate surface area is 114 Å². The maximum Gasteiger partial charge on any atom is 0.202 e. The van der Waals surface area contributed by atoms with Gasteiger partial charge in [-0.05, 0) is 37.8 Å². The van der Waals surface area contributed by atoms with E-state index in [9.17, 15) is 13.2 Å². The van der Waals surface area contributed by atoms with Crippen LogP contribution in [0.3, 0.4) is 0 Å². The van der Waals surface area contributed by atoms with Crippen LogP contribution in [0.25, 0.3) is 0 Å². The summed E-state index contributed by atoms with van der Waals surface area (Å²) in [5.41, 5.74) is 0. The first kappa shape index (κ1) is 14.0. The molecule has 0 saturated heterocycles. The van der Waals surface area contributed by atoms with Crippen molar-refractivity contribution in [1.29, 1.82) is 0 Å². The summed E-state index contributed by atoms with van der Waals surface area (Å²) >= 11 is 0. The van der Waals surface area contributed by atoms with E-state index in [1.165, 1.54) is 0 Å². The first-order chi connectivity index (χ1) is 8.93. The fourth-order valence-electron chi connectivity index (χ4n) is 2.60. The minimum absolute atomic E-state index is 0.0141. The van der Waals surface area contributed by atoms with Crippen LogP contribution >= 0.6 is 0 Å². The maximum absolute atomic E-state index is 12.5. The number of hydrogen-bond donors (Lipinski definition) is 0. The Morgan fingerprint density at radius 3 is 2.37 bits per heavy atom. The number of allylic oxidation sites excluding steroid dienone is 2. The molecule has 102 valence electrons. The zero-order valence-corrected chi connectivity index (χ0v) is 12.0. The van der Waals surface area contributed by atoms with Crippen LogP contribution in [0.15, 0.2) is 46.2 Å². The van der Waals surface area contributed by atoms with Gasteiger partial charge in [-0.2, -0.15) is 0 Å². The van der Waals surface area contributed by atoms with Crippen molar-refractivity contribution in [3.05, 3.63) is 41.3 Å². The summed E-state index contributed by atoms with van der Waals surface area (Å²) in [6.45, 7) is 3.48. The lowest BCUT2D eigenvalue weighted by Crippen LogP contribution is -2.24. The first-order valence-electron chi connectivity index (χ1n) is 6.44. The van der Waals surface area contributed by atoms with Crippen LogP contribution < -0.4 is 0 Å². The van der Waals surface area contributed by atoms with Crippen molar-refractivity contribution in [2.45, 2.75) is 31.6 Å². The number of sulfone groups is 1. The Balaban J connectivity index is 2.34. The van der Waals surface area contributed by atoms with E-state index in [1.54, 1.807) is 43.3 Å². The summed E-state index contributed by atoms with van der Waals surface area (Å²) in [6, 6.07) is 8.45. The zero-order chi connectivity index (χ0) is 14.0. The maximum atomic E-state index is 12.5. The third kappa shape index (κ3) is 2.78. The van der Waals surface area contributed by atoms with Gasteiger partial charge in [-0.15, -0.1) is 0 Å². The molecule has 0 unspecified atom stereocenters. The first-order valence-corrected chi connectivity index (χ1v) is 7.92. The van der Waals surface area contributed by atoms with Gasteiger partial charge in [-0.25, -0.2) is 8.42 Å². The van der Waals surface area contributed by atoms with Gasteiger partial charge in [0.15, 0.2) is 0 Å². The molecule has 1 aromatic rings. The van der Waals surface area contributed by atoms with Gasteiger partial charge >= 0.3 is 0 Å². The van der Waals surface area contributed by atoms with Crippen molar-refractivity contribution in [3.8, 4) is 0 Å². The Morgan fingerprint density at radius 2 is 1.84 bits per heavy atom. The zero-order valence-electron chi connectivity index (χ0n) is 11.2. The van der Waals surface area contributed by atoms with Crippen molar-refractivity contribution in [2.75, 3.05) is 0 Å². The molecule has 1 aliphatic rings. The van der Waals surface area contributed by atoms with E-state index in [2.05, 4.69) is 0 Å². The highest BCUT2D eigenvalue weighted by Gasteiger charge is 2.30. The van der Waals surface area contributed by atoms with E-state index in [0.717, 1.165) is 0 Å². The Bertz CT molecular complexity index is 600. The van der Waals surface area contributed by atoms with E-state index in [-0.39, 0.29) is 17.6 Å². The summed E-state index contributed by atoms with van der Waals surface area (Å²) in [7, 11) is -3.39. The van der Waals surface area contributed by atoms with Crippen LogP contribution in [0.1, 0.15) is 26.7 Å². The molecule has 0 heterocycles. The highest BCUT2D eigenvalue weighted by atomic mass is 32.2. The molecule has 1 aliphatic carbocycles. The molecule has 0 aliphatic heterocycles. The van der Waals surface area contributed by atoms with Gasteiger partial charge < -0.3 is 0 Å². The molecule has 19 heavy (non-hydrogen) atoms. The van der Waals surface area contributed by atoms with E-state index in [0.29, 0.717) is 22.6 Å². The summed E-state index contributed by atoms with van der Waals surface area (Å²) < 4.78 is 24.9. The van der Waals surface area contributed by atoms with Crippen LogP contribution in [0, 0.1) is 11.8 Å². The summed E-state index contributed by atoms with van der Waals surface area (Å²) in [5.74, 6) is 0.0781. The molecule has 0 spiro atoms. The molecular weight excluding hydrogens is 260 g/mol. The van der Waals surface area contributed by atoms with Crippen molar-refractivity contribution < 1.29 is 13.2 Å². The average Bonchev–Trinajstić information content (AvgIpc) is 2.39. The van der Waals surface area contributed by atoms with Gasteiger partial charge in [0.2, 0.25) is 9.84 Å². The Kier molecular flexibility index (Phi) is 3.90. The molecule has 0 radical (unpaired) electrons. The predicted molar refractivity (Wildman–Crippen MR) is 74.3 cm³/mol. The van der Waals surface area contributed by atoms with Crippen molar-refractivity contribution >= 4 is 15.6 Å².